The second-order valence-electron chi connectivity index (χ2n) is 8.59. The molecule has 1 aliphatic heterocycles. The number of carbonyl (C=O) groups excluding carboxylic acids is 1. The summed E-state index contributed by atoms with van der Waals surface area (Å²) in [4.78, 5) is 42.5. The van der Waals surface area contributed by atoms with Crippen LogP contribution < -0.4 is 14.9 Å². The van der Waals surface area contributed by atoms with Crippen LogP contribution in [0.1, 0.15) is 31.2 Å². The van der Waals surface area contributed by atoms with Gasteiger partial charge in [0.25, 0.3) is 11.2 Å². The molecule has 0 aliphatic carbocycles. The van der Waals surface area contributed by atoms with Crippen molar-refractivity contribution in [1.29, 1.82) is 0 Å². The van der Waals surface area contributed by atoms with Gasteiger partial charge in [-0.15, -0.1) is 0 Å². The first-order chi connectivity index (χ1) is 19.1. The van der Waals surface area contributed by atoms with E-state index in [1.807, 2.05) is 0 Å². The van der Waals surface area contributed by atoms with Crippen LogP contribution >= 0.6 is 46.1 Å². The number of nitro benzene ring substituents is 1. The van der Waals surface area contributed by atoms with Crippen molar-refractivity contribution in [2.75, 3.05) is 6.61 Å². The maximum atomic E-state index is 13.8. The summed E-state index contributed by atoms with van der Waals surface area (Å²) >= 11 is 19.8. The van der Waals surface area contributed by atoms with Gasteiger partial charge >= 0.3 is 5.97 Å². The Kier molecular flexibility index (Phi) is 7.70. The Bertz CT molecular complexity index is 1910. The summed E-state index contributed by atoms with van der Waals surface area (Å²) in [7, 11) is 0. The molecule has 0 unspecified atom stereocenters. The average Bonchev–Trinajstić information content (AvgIpc) is 3.50. The van der Waals surface area contributed by atoms with Crippen LogP contribution in [0.3, 0.4) is 0 Å². The topological polar surface area (TPSA) is 117 Å². The van der Waals surface area contributed by atoms with Crippen LogP contribution in [0.2, 0.25) is 15.1 Å². The number of ether oxygens (including phenoxy) is 1. The fraction of sp³-hybridized carbons (Fsp3) is 0.148. The van der Waals surface area contributed by atoms with E-state index in [1.54, 1.807) is 50.3 Å². The molecule has 0 amide bonds. The minimum atomic E-state index is -1.02. The number of fused-ring (bicyclic) bond motifs is 1. The van der Waals surface area contributed by atoms with Gasteiger partial charge in [-0.2, -0.15) is 0 Å². The molecule has 1 atom stereocenters. The molecule has 13 heteroatoms. The van der Waals surface area contributed by atoms with Gasteiger partial charge in [0, 0.05) is 27.7 Å². The van der Waals surface area contributed by atoms with Gasteiger partial charge in [-0.3, -0.25) is 19.5 Å². The van der Waals surface area contributed by atoms with Crippen LogP contribution in [0.4, 0.5) is 5.69 Å². The highest BCUT2D eigenvalue weighted by Gasteiger charge is 2.35. The number of nitro groups is 1. The van der Waals surface area contributed by atoms with E-state index in [2.05, 4.69) is 4.99 Å². The summed E-state index contributed by atoms with van der Waals surface area (Å²) in [6.07, 6.45) is 1.62. The number of thiazole rings is 1. The van der Waals surface area contributed by atoms with Crippen LogP contribution in [0.25, 0.3) is 17.4 Å². The first-order valence-electron chi connectivity index (χ1n) is 11.8. The molecule has 204 valence electrons. The predicted molar refractivity (Wildman–Crippen MR) is 153 cm³/mol. The number of halogens is 3. The number of furan rings is 1. The van der Waals surface area contributed by atoms with Gasteiger partial charge in [-0.25, -0.2) is 9.79 Å². The Morgan fingerprint density at radius 1 is 1.18 bits per heavy atom. The smallest absolute Gasteiger partial charge is 0.338 e. The molecule has 5 rings (SSSR count). The van der Waals surface area contributed by atoms with Crippen LogP contribution in [-0.2, 0) is 9.53 Å². The first kappa shape index (κ1) is 27.9. The lowest BCUT2D eigenvalue weighted by Crippen LogP contribution is -2.39. The highest BCUT2D eigenvalue weighted by Crippen LogP contribution is 2.37. The second-order valence-corrected chi connectivity index (χ2v) is 10.9. The Morgan fingerprint density at radius 2 is 1.95 bits per heavy atom. The molecule has 2 aromatic heterocycles. The zero-order valence-corrected chi connectivity index (χ0v) is 23.9. The van der Waals surface area contributed by atoms with Crippen molar-refractivity contribution < 1.29 is 18.9 Å². The van der Waals surface area contributed by atoms with Crippen LogP contribution in [0, 0.1) is 10.1 Å². The molecule has 0 saturated heterocycles. The van der Waals surface area contributed by atoms with E-state index >= 15 is 0 Å². The lowest BCUT2D eigenvalue weighted by molar-refractivity contribution is -0.384. The molecule has 40 heavy (non-hydrogen) atoms. The third-order valence-corrected chi connectivity index (χ3v) is 7.96. The van der Waals surface area contributed by atoms with E-state index in [-0.39, 0.29) is 40.0 Å². The second kappa shape index (κ2) is 11.1. The Labute approximate surface area is 245 Å². The Hall–Kier alpha value is -3.70. The fourth-order valence-electron chi connectivity index (χ4n) is 4.28. The van der Waals surface area contributed by atoms with Gasteiger partial charge in [-0.1, -0.05) is 52.2 Å². The zero-order valence-electron chi connectivity index (χ0n) is 20.8. The number of carbonyl (C=O) groups is 1. The lowest BCUT2D eigenvalue weighted by atomic mass is 10.0. The number of hydrogen-bond acceptors (Lipinski definition) is 8. The van der Waals surface area contributed by atoms with E-state index < -0.39 is 22.5 Å². The molecule has 0 fully saturated rings. The number of benzene rings is 2. The largest absolute Gasteiger partial charge is 0.463 e. The van der Waals surface area contributed by atoms with Crippen molar-refractivity contribution in [3.05, 3.63) is 116 Å². The summed E-state index contributed by atoms with van der Waals surface area (Å²) in [6, 6.07) is 11.0. The van der Waals surface area contributed by atoms with Crippen molar-refractivity contribution >= 4 is 63.9 Å². The number of non-ortho nitro benzene ring substituents is 1. The summed E-state index contributed by atoms with van der Waals surface area (Å²) in [5.74, 6) is -0.223. The molecule has 3 heterocycles. The van der Waals surface area contributed by atoms with Crippen molar-refractivity contribution in [2.24, 2.45) is 4.99 Å². The molecule has 0 saturated carbocycles. The summed E-state index contributed by atoms with van der Waals surface area (Å²) in [5, 5.41) is 12.4. The van der Waals surface area contributed by atoms with Crippen molar-refractivity contribution in [1.82, 2.24) is 4.57 Å². The third kappa shape index (κ3) is 5.11. The first-order valence-corrected chi connectivity index (χ1v) is 13.7. The Morgan fingerprint density at radius 3 is 2.65 bits per heavy atom. The van der Waals surface area contributed by atoms with Gasteiger partial charge in [0.05, 0.1) is 32.4 Å². The van der Waals surface area contributed by atoms with Crippen molar-refractivity contribution in [3.8, 4) is 11.3 Å². The SMILES string of the molecule is CCOC(=O)C1=C(C)N=c2s/c(=C\c3ccc(Cl)cc3Cl)c(=O)n2[C@H]1c1ccc(-c2cc([N+](=O)[O-])ccc2Cl)o1. The maximum absolute atomic E-state index is 13.8. The third-order valence-electron chi connectivity index (χ3n) is 6.09. The molecule has 4 aromatic rings. The predicted octanol–water partition coefficient (Wildman–Crippen LogP) is 5.93. The van der Waals surface area contributed by atoms with Gasteiger partial charge in [-0.05, 0) is 55.8 Å². The number of rotatable bonds is 6. The van der Waals surface area contributed by atoms with Gasteiger partial charge < -0.3 is 9.15 Å². The molecule has 0 spiro atoms. The molecular weight excluding hydrogens is 601 g/mol. The summed E-state index contributed by atoms with van der Waals surface area (Å²) < 4.78 is 13.1. The molecule has 1 aliphatic rings. The number of nitrogens with zero attached hydrogens (tertiary/aromatic N) is 3. The van der Waals surface area contributed by atoms with Gasteiger partial charge in [0.1, 0.15) is 17.6 Å². The Balaban J connectivity index is 1.70. The van der Waals surface area contributed by atoms with Crippen LogP contribution in [0.5, 0.6) is 0 Å². The fourth-order valence-corrected chi connectivity index (χ4v) is 5.99. The van der Waals surface area contributed by atoms with Crippen LogP contribution in [-0.4, -0.2) is 22.1 Å². The monoisotopic (exact) mass is 617 g/mol. The zero-order chi connectivity index (χ0) is 28.7. The van der Waals surface area contributed by atoms with E-state index in [0.29, 0.717) is 30.6 Å². The summed E-state index contributed by atoms with van der Waals surface area (Å²) in [6.45, 7) is 3.42. The summed E-state index contributed by atoms with van der Waals surface area (Å²) in [5.41, 5.74) is 0.734. The lowest BCUT2D eigenvalue weighted by Gasteiger charge is -2.22. The van der Waals surface area contributed by atoms with E-state index in [9.17, 15) is 19.7 Å². The highest BCUT2D eigenvalue weighted by molar-refractivity contribution is 7.07. The standard InChI is InChI=1S/C27H18Cl3N3O6S/c1-3-38-26(35)23-13(2)31-27-32(25(34)22(40-27)10-14-4-5-15(28)11-19(14)30)24(23)21-9-8-20(39-21)17-12-16(33(36)37)6-7-18(17)29/h4-12,24H,3H2,1-2H3/b22-10-/t24-/m0/s1. The maximum Gasteiger partial charge on any atom is 0.338 e. The average molecular weight is 619 g/mol. The van der Waals surface area contributed by atoms with E-state index in [4.69, 9.17) is 44.0 Å². The number of hydrogen-bond donors (Lipinski definition) is 0. The minimum absolute atomic E-state index is 0.106. The van der Waals surface area contributed by atoms with E-state index in [0.717, 1.165) is 11.3 Å². The highest BCUT2D eigenvalue weighted by atomic mass is 35.5. The van der Waals surface area contributed by atoms with Gasteiger partial charge in [0.2, 0.25) is 0 Å². The van der Waals surface area contributed by atoms with Crippen LogP contribution in [0.15, 0.2) is 74.0 Å². The molecule has 2 aromatic carbocycles. The minimum Gasteiger partial charge on any atom is -0.463 e. The van der Waals surface area contributed by atoms with Crippen molar-refractivity contribution in [2.45, 2.75) is 19.9 Å². The molecule has 0 N–H and O–H groups in total. The van der Waals surface area contributed by atoms with Gasteiger partial charge in [0.15, 0.2) is 4.80 Å². The normalized spacial score (nSPS) is 15.1. The number of aromatic nitrogens is 1. The van der Waals surface area contributed by atoms with E-state index in [1.165, 1.54) is 22.8 Å². The van der Waals surface area contributed by atoms with Crippen molar-refractivity contribution in [3.63, 3.8) is 0 Å². The molecule has 0 radical (unpaired) electrons. The number of allylic oxidation sites excluding steroid dienone is 1. The molecular formula is C27H18Cl3N3O6S. The number of esters is 1. The molecule has 0 bridgehead atoms. The quantitative estimate of drug-likeness (QED) is 0.150. The molecule has 9 nitrogen and oxygen atoms in total.